The number of hydrogen-bond donors (Lipinski definition) is 0. The van der Waals surface area contributed by atoms with E-state index in [4.69, 9.17) is 9.97 Å². The van der Waals surface area contributed by atoms with Crippen LogP contribution >= 0.6 is 0 Å². The van der Waals surface area contributed by atoms with E-state index in [0.717, 1.165) is 56.2 Å². The molecule has 0 N–H and O–H groups in total. The Hall–Kier alpha value is -2.28. The normalized spacial score (nSPS) is 22.5. The molecule has 0 radical (unpaired) electrons. The minimum absolute atomic E-state index is 0.201. The van der Waals surface area contributed by atoms with Crippen LogP contribution in [0.15, 0.2) is 6.20 Å². The lowest BCUT2D eigenvalue weighted by atomic mass is 9.88. The van der Waals surface area contributed by atoms with Gasteiger partial charge in [-0.25, -0.2) is 9.97 Å². The van der Waals surface area contributed by atoms with E-state index in [-0.39, 0.29) is 11.9 Å². The molecule has 0 aromatic carbocycles. The summed E-state index contributed by atoms with van der Waals surface area (Å²) in [5.74, 6) is 2.64. The monoisotopic (exact) mass is 436 g/mol. The molecule has 7 nitrogen and oxygen atoms in total. The summed E-state index contributed by atoms with van der Waals surface area (Å²) in [5, 5.41) is 4.42. The third-order valence-electron chi connectivity index (χ3n) is 7.89. The van der Waals surface area contributed by atoms with Gasteiger partial charge in [0.2, 0.25) is 5.91 Å². The number of nitrogens with zero attached hydrogens (tertiary/aromatic N) is 6. The lowest BCUT2D eigenvalue weighted by molar-refractivity contribution is -0.119. The van der Waals surface area contributed by atoms with Crippen molar-refractivity contribution in [1.82, 2.24) is 24.6 Å². The summed E-state index contributed by atoms with van der Waals surface area (Å²) < 4.78 is 1.94. The SMILES string of the molecule is Cc1nc([C@H]2CCCN2Cc2cnn(C)c2C)nc2c1CCC(=O)N2CC1CCCCC1. The highest BCUT2D eigenvalue weighted by atomic mass is 16.2. The number of fused-ring (bicyclic) bond motifs is 1. The molecule has 1 aliphatic carbocycles. The van der Waals surface area contributed by atoms with Crippen LogP contribution in [0, 0.1) is 19.8 Å². The number of hydrogen-bond acceptors (Lipinski definition) is 5. The summed E-state index contributed by atoms with van der Waals surface area (Å²) in [6, 6.07) is 0.201. The van der Waals surface area contributed by atoms with Gasteiger partial charge in [0, 0.05) is 49.1 Å². The van der Waals surface area contributed by atoms with Crippen molar-refractivity contribution in [3.05, 3.63) is 34.5 Å². The maximum atomic E-state index is 13.0. The quantitative estimate of drug-likeness (QED) is 0.708. The Bertz CT molecular complexity index is 993. The van der Waals surface area contributed by atoms with Gasteiger partial charge in [-0.3, -0.25) is 19.3 Å². The summed E-state index contributed by atoms with van der Waals surface area (Å²) in [7, 11) is 1.99. The van der Waals surface area contributed by atoms with E-state index in [9.17, 15) is 4.79 Å². The molecule has 2 aliphatic heterocycles. The van der Waals surface area contributed by atoms with Crippen LogP contribution in [0.2, 0.25) is 0 Å². The zero-order chi connectivity index (χ0) is 22.2. The van der Waals surface area contributed by atoms with Crippen molar-refractivity contribution in [3.8, 4) is 0 Å². The molecular weight excluding hydrogens is 400 g/mol. The van der Waals surface area contributed by atoms with Crippen LogP contribution in [0.3, 0.4) is 0 Å². The van der Waals surface area contributed by atoms with Crippen molar-refractivity contribution in [2.75, 3.05) is 18.0 Å². The molecule has 2 aromatic heterocycles. The van der Waals surface area contributed by atoms with E-state index in [1.165, 1.54) is 48.9 Å². The Morgan fingerprint density at radius 1 is 1.03 bits per heavy atom. The molecule has 1 amide bonds. The van der Waals surface area contributed by atoms with Gasteiger partial charge >= 0.3 is 0 Å². The number of carbonyl (C=O) groups is 1. The van der Waals surface area contributed by atoms with Gasteiger partial charge in [0.15, 0.2) is 0 Å². The molecule has 1 saturated carbocycles. The van der Waals surface area contributed by atoms with Gasteiger partial charge in [0.1, 0.15) is 11.6 Å². The van der Waals surface area contributed by atoms with E-state index in [1.54, 1.807) is 0 Å². The van der Waals surface area contributed by atoms with Crippen molar-refractivity contribution in [3.63, 3.8) is 0 Å². The molecule has 7 heteroatoms. The molecule has 32 heavy (non-hydrogen) atoms. The molecule has 2 fully saturated rings. The first-order valence-corrected chi connectivity index (χ1v) is 12.4. The van der Waals surface area contributed by atoms with Crippen molar-refractivity contribution in [2.24, 2.45) is 13.0 Å². The maximum absolute atomic E-state index is 13.0. The number of anilines is 1. The summed E-state index contributed by atoms with van der Waals surface area (Å²) >= 11 is 0. The van der Waals surface area contributed by atoms with Gasteiger partial charge in [-0.2, -0.15) is 5.10 Å². The van der Waals surface area contributed by atoms with Crippen molar-refractivity contribution in [2.45, 2.75) is 84.2 Å². The molecular formula is C25H36N6O. The summed E-state index contributed by atoms with van der Waals surface area (Å²) in [4.78, 5) is 27.6. The molecule has 1 saturated heterocycles. The highest BCUT2D eigenvalue weighted by molar-refractivity contribution is 5.95. The van der Waals surface area contributed by atoms with E-state index < -0.39 is 0 Å². The zero-order valence-electron chi connectivity index (χ0n) is 19.8. The molecule has 5 rings (SSSR count). The van der Waals surface area contributed by atoms with E-state index in [1.807, 2.05) is 22.8 Å². The molecule has 2 aromatic rings. The second kappa shape index (κ2) is 8.93. The predicted molar refractivity (Wildman–Crippen MR) is 124 cm³/mol. The molecule has 1 atom stereocenters. The molecule has 3 aliphatic rings. The number of aryl methyl sites for hydroxylation is 2. The first-order valence-electron chi connectivity index (χ1n) is 12.4. The average Bonchev–Trinajstić information content (AvgIpc) is 3.38. The number of carbonyl (C=O) groups excluding carboxylic acids is 1. The minimum atomic E-state index is 0.201. The fourth-order valence-corrected chi connectivity index (χ4v) is 5.79. The van der Waals surface area contributed by atoms with E-state index in [0.29, 0.717) is 12.3 Å². The highest BCUT2D eigenvalue weighted by Gasteiger charge is 2.34. The van der Waals surface area contributed by atoms with Crippen LogP contribution in [0.25, 0.3) is 0 Å². The fraction of sp³-hybridized carbons (Fsp3) is 0.680. The largest absolute Gasteiger partial charge is 0.296 e. The van der Waals surface area contributed by atoms with Crippen LogP contribution in [0.1, 0.15) is 85.7 Å². The third kappa shape index (κ3) is 4.07. The van der Waals surface area contributed by atoms with Gasteiger partial charge < -0.3 is 0 Å². The van der Waals surface area contributed by atoms with Gasteiger partial charge in [-0.15, -0.1) is 0 Å². The first-order chi connectivity index (χ1) is 15.5. The standard InChI is InChI=1S/C25H36N6O/c1-17-21-11-12-23(32)31(15-19-8-5-4-6-9-19)25(21)28-24(27-17)22-10-7-13-30(22)16-20-14-26-29(3)18(20)2/h14,19,22H,4-13,15-16H2,1-3H3/t22-/m1/s1. The van der Waals surface area contributed by atoms with Gasteiger partial charge in [0.05, 0.1) is 12.2 Å². The number of rotatable bonds is 5. The fourth-order valence-electron chi connectivity index (χ4n) is 5.79. The number of amides is 1. The summed E-state index contributed by atoms with van der Waals surface area (Å²) in [5.41, 5.74) is 4.71. The Kier molecular flexibility index (Phi) is 6.01. The molecule has 4 heterocycles. The van der Waals surface area contributed by atoms with Crippen LogP contribution in [0.5, 0.6) is 0 Å². The van der Waals surface area contributed by atoms with Crippen LogP contribution in [0.4, 0.5) is 5.82 Å². The Labute approximate surface area is 191 Å². The minimum Gasteiger partial charge on any atom is -0.296 e. The lowest BCUT2D eigenvalue weighted by Crippen LogP contribution is -2.40. The van der Waals surface area contributed by atoms with Crippen molar-refractivity contribution in [1.29, 1.82) is 0 Å². The Morgan fingerprint density at radius 2 is 1.84 bits per heavy atom. The molecule has 0 bridgehead atoms. The zero-order valence-corrected chi connectivity index (χ0v) is 19.8. The van der Waals surface area contributed by atoms with Gasteiger partial charge in [-0.1, -0.05) is 19.3 Å². The average molecular weight is 437 g/mol. The second-order valence-electron chi connectivity index (χ2n) is 9.99. The van der Waals surface area contributed by atoms with Gasteiger partial charge in [-0.05, 0) is 58.4 Å². The van der Waals surface area contributed by atoms with Crippen LogP contribution < -0.4 is 4.90 Å². The molecule has 0 spiro atoms. The molecule has 172 valence electrons. The Balaban J connectivity index is 1.43. The van der Waals surface area contributed by atoms with Crippen molar-refractivity contribution >= 4 is 11.7 Å². The smallest absolute Gasteiger partial charge is 0.228 e. The summed E-state index contributed by atoms with van der Waals surface area (Å²) in [6.45, 7) is 6.97. The topological polar surface area (TPSA) is 67.2 Å². The summed E-state index contributed by atoms with van der Waals surface area (Å²) in [6.07, 6.45) is 11.9. The predicted octanol–water partition coefficient (Wildman–Crippen LogP) is 4.02. The first kappa shape index (κ1) is 21.6. The van der Waals surface area contributed by atoms with Gasteiger partial charge in [0.25, 0.3) is 0 Å². The number of likely N-dealkylation sites (tertiary alicyclic amines) is 1. The Morgan fingerprint density at radius 3 is 2.59 bits per heavy atom. The van der Waals surface area contributed by atoms with Crippen molar-refractivity contribution < 1.29 is 4.79 Å². The molecule has 0 unspecified atom stereocenters. The second-order valence-corrected chi connectivity index (χ2v) is 9.99. The van der Waals surface area contributed by atoms with Crippen LogP contribution in [-0.2, 0) is 24.8 Å². The number of aromatic nitrogens is 4. The lowest BCUT2D eigenvalue weighted by Gasteiger charge is -2.34. The van der Waals surface area contributed by atoms with E-state index >= 15 is 0 Å². The van der Waals surface area contributed by atoms with Crippen LogP contribution in [-0.4, -0.2) is 43.6 Å². The highest BCUT2D eigenvalue weighted by Crippen LogP contribution is 2.36. The maximum Gasteiger partial charge on any atom is 0.228 e. The third-order valence-corrected chi connectivity index (χ3v) is 7.89. The van der Waals surface area contributed by atoms with E-state index in [2.05, 4.69) is 23.8 Å².